The Morgan fingerprint density at radius 1 is 1.56 bits per heavy atom. The monoisotopic (exact) mass is 237 g/mol. The Labute approximate surface area is 101 Å². The summed E-state index contributed by atoms with van der Waals surface area (Å²) in [5, 5.41) is 0. The fraction of sp³-hybridized carbons (Fsp3) is 0.615. The Bertz CT molecular complexity index is 372. The number of carbonyl (C=O) groups excluding carboxylic acids is 1. The molecule has 0 bridgehead atoms. The van der Waals surface area contributed by atoms with Gasteiger partial charge in [0.25, 0.3) is 0 Å². The molecule has 2 heterocycles. The van der Waals surface area contributed by atoms with Gasteiger partial charge in [-0.3, -0.25) is 9.69 Å². The second-order valence-electron chi connectivity index (χ2n) is 4.63. The van der Waals surface area contributed by atoms with E-state index in [-0.39, 0.29) is 5.78 Å². The number of nitrogens with zero attached hydrogens (tertiary/aromatic N) is 1. The first-order valence-electron chi connectivity index (χ1n) is 6.01. The van der Waals surface area contributed by atoms with E-state index < -0.39 is 0 Å². The number of aryl methyl sites for hydroxylation is 1. The molecule has 0 aliphatic carbocycles. The second-order valence-corrected chi connectivity index (χ2v) is 5.92. The minimum Gasteiger partial charge on any atom is -0.295 e. The van der Waals surface area contributed by atoms with Crippen LogP contribution in [0.4, 0.5) is 0 Å². The first-order chi connectivity index (χ1) is 7.69. The number of hydrogen-bond acceptors (Lipinski definition) is 3. The van der Waals surface area contributed by atoms with Gasteiger partial charge in [0.2, 0.25) is 0 Å². The van der Waals surface area contributed by atoms with Gasteiger partial charge in [0, 0.05) is 11.4 Å². The molecule has 1 aliphatic heterocycles. The van der Waals surface area contributed by atoms with Crippen LogP contribution in [0.25, 0.3) is 0 Å². The van der Waals surface area contributed by atoms with Gasteiger partial charge in [-0.15, -0.1) is 11.3 Å². The van der Waals surface area contributed by atoms with Crippen molar-refractivity contribution in [2.75, 3.05) is 19.6 Å². The predicted octanol–water partition coefficient (Wildman–Crippen LogP) is 2.97. The summed E-state index contributed by atoms with van der Waals surface area (Å²) in [6.07, 6.45) is 2.50. The predicted molar refractivity (Wildman–Crippen MR) is 68.2 cm³/mol. The van der Waals surface area contributed by atoms with Gasteiger partial charge in [0.1, 0.15) is 0 Å². The molecule has 0 radical (unpaired) electrons. The number of rotatable bonds is 4. The first-order valence-corrected chi connectivity index (χ1v) is 6.82. The third kappa shape index (κ3) is 2.71. The first kappa shape index (κ1) is 11.8. The number of hydrogen-bond donors (Lipinski definition) is 0. The summed E-state index contributed by atoms with van der Waals surface area (Å²) < 4.78 is 0. The average molecular weight is 237 g/mol. The fourth-order valence-electron chi connectivity index (χ4n) is 2.26. The Kier molecular flexibility index (Phi) is 3.77. The molecular formula is C13H19NOS. The molecule has 3 heteroatoms. The molecule has 88 valence electrons. The highest BCUT2D eigenvalue weighted by Gasteiger charge is 2.23. The van der Waals surface area contributed by atoms with Crippen molar-refractivity contribution in [3.63, 3.8) is 0 Å². The fourth-order valence-corrected chi connectivity index (χ4v) is 3.05. The highest BCUT2D eigenvalue weighted by Crippen LogP contribution is 2.21. The maximum Gasteiger partial charge on any atom is 0.186 e. The van der Waals surface area contributed by atoms with E-state index in [1.165, 1.54) is 17.7 Å². The summed E-state index contributed by atoms with van der Waals surface area (Å²) >= 11 is 1.61. The molecule has 0 amide bonds. The van der Waals surface area contributed by atoms with E-state index in [2.05, 4.69) is 11.8 Å². The van der Waals surface area contributed by atoms with Gasteiger partial charge in [0.15, 0.2) is 5.78 Å². The smallest absolute Gasteiger partial charge is 0.186 e. The van der Waals surface area contributed by atoms with Crippen LogP contribution < -0.4 is 0 Å². The van der Waals surface area contributed by atoms with Gasteiger partial charge in [-0.2, -0.15) is 0 Å². The normalized spacial score (nSPS) is 21.5. The highest BCUT2D eigenvalue weighted by molar-refractivity contribution is 7.14. The minimum absolute atomic E-state index is 0.287. The molecule has 0 N–H and O–H groups in total. The van der Waals surface area contributed by atoms with Crippen molar-refractivity contribution in [2.45, 2.75) is 26.7 Å². The molecule has 0 saturated carbocycles. The van der Waals surface area contributed by atoms with Crippen LogP contribution >= 0.6 is 11.3 Å². The van der Waals surface area contributed by atoms with E-state index >= 15 is 0 Å². The van der Waals surface area contributed by atoms with E-state index in [9.17, 15) is 4.79 Å². The van der Waals surface area contributed by atoms with Crippen LogP contribution in [-0.2, 0) is 0 Å². The third-order valence-electron chi connectivity index (χ3n) is 3.33. The van der Waals surface area contributed by atoms with Gasteiger partial charge in [-0.25, -0.2) is 0 Å². The van der Waals surface area contributed by atoms with Crippen LogP contribution in [0.3, 0.4) is 0 Å². The standard InChI is InChI=1S/C13H19NOS/c1-3-11-6-7-14(8-11)9-12(15)13-5-4-10(2)16-13/h4-5,11H,3,6-9H2,1-2H3. The van der Waals surface area contributed by atoms with Crippen molar-refractivity contribution in [3.8, 4) is 0 Å². The average Bonchev–Trinajstić information content (AvgIpc) is 2.87. The molecule has 2 rings (SSSR count). The van der Waals surface area contributed by atoms with E-state index in [0.717, 1.165) is 23.9 Å². The van der Waals surface area contributed by atoms with Crippen LogP contribution in [-0.4, -0.2) is 30.3 Å². The topological polar surface area (TPSA) is 20.3 Å². The van der Waals surface area contributed by atoms with Crippen LogP contribution in [0.15, 0.2) is 12.1 Å². The number of ketones is 1. The van der Waals surface area contributed by atoms with Crippen molar-refractivity contribution < 1.29 is 4.79 Å². The van der Waals surface area contributed by atoms with Crippen molar-refractivity contribution in [1.29, 1.82) is 0 Å². The van der Waals surface area contributed by atoms with E-state index in [1.807, 2.05) is 19.1 Å². The molecule has 0 spiro atoms. The van der Waals surface area contributed by atoms with E-state index in [4.69, 9.17) is 0 Å². The lowest BCUT2D eigenvalue weighted by Gasteiger charge is -2.13. The molecule has 1 atom stereocenters. The lowest BCUT2D eigenvalue weighted by Crippen LogP contribution is -2.27. The molecule has 2 nitrogen and oxygen atoms in total. The minimum atomic E-state index is 0.287. The zero-order chi connectivity index (χ0) is 11.5. The van der Waals surface area contributed by atoms with Crippen molar-refractivity contribution in [1.82, 2.24) is 4.90 Å². The Balaban J connectivity index is 1.89. The Morgan fingerprint density at radius 3 is 2.94 bits per heavy atom. The molecule has 0 aromatic carbocycles. The SMILES string of the molecule is CCC1CCN(CC(=O)c2ccc(C)s2)C1. The van der Waals surface area contributed by atoms with Crippen LogP contribution in [0, 0.1) is 12.8 Å². The van der Waals surface area contributed by atoms with Gasteiger partial charge < -0.3 is 0 Å². The summed E-state index contributed by atoms with van der Waals surface area (Å²) in [5.41, 5.74) is 0. The van der Waals surface area contributed by atoms with Crippen molar-refractivity contribution in [2.24, 2.45) is 5.92 Å². The number of Topliss-reactive ketones (excluding diaryl/α,β-unsaturated/α-hetero) is 1. The molecular weight excluding hydrogens is 218 g/mol. The summed E-state index contributed by atoms with van der Waals surface area (Å²) in [7, 11) is 0. The summed E-state index contributed by atoms with van der Waals surface area (Å²) in [6.45, 7) is 7.08. The van der Waals surface area contributed by atoms with Gasteiger partial charge >= 0.3 is 0 Å². The summed E-state index contributed by atoms with van der Waals surface area (Å²) in [6, 6.07) is 3.98. The molecule has 1 aromatic rings. The molecule has 1 unspecified atom stereocenters. The second kappa shape index (κ2) is 5.11. The van der Waals surface area contributed by atoms with E-state index in [0.29, 0.717) is 6.54 Å². The maximum atomic E-state index is 12.0. The summed E-state index contributed by atoms with van der Waals surface area (Å²) in [5.74, 6) is 1.09. The Morgan fingerprint density at radius 2 is 2.38 bits per heavy atom. The lowest BCUT2D eigenvalue weighted by atomic mass is 10.1. The zero-order valence-corrected chi connectivity index (χ0v) is 10.8. The maximum absolute atomic E-state index is 12.0. The summed E-state index contributed by atoms with van der Waals surface area (Å²) in [4.78, 5) is 16.4. The molecule has 1 aromatic heterocycles. The van der Waals surface area contributed by atoms with Gasteiger partial charge in [-0.05, 0) is 37.9 Å². The van der Waals surface area contributed by atoms with Crippen LogP contribution in [0.2, 0.25) is 0 Å². The molecule has 1 fully saturated rings. The van der Waals surface area contributed by atoms with Crippen molar-refractivity contribution in [3.05, 3.63) is 21.9 Å². The molecule has 1 aliphatic rings. The quantitative estimate of drug-likeness (QED) is 0.750. The number of carbonyl (C=O) groups is 1. The van der Waals surface area contributed by atoms with Crippen LogP contribution in [0.5, 0.6) is 0 Å². The molecule has 1 saturated heterocycles. The zero-order valence-electron chi connectivity index (χ0n) is 10.0. The van der Waals surface area contributed by atoms with Gasteiger partial charge in [0.05, 0.1) is 11.4 Å². The lowest BCUT2D eigenvalue weighted by molar-refractivity contribution is 0.0947. The third-order valence-corrected chi connectivity index (χ3v) is 4.37. The Hall–Kier alpha value is -0.670. The highest BCUT2D eigenvalue weighted by atomic mass is 32.1. The molecule has 16 heavy (non-hydrogen) atoms. The largest absolute Gasteiger partial charge is 0.295 e. The van der Waals surface area contributed by atoms with Crippen LogP contribution in [0.1, 0.15) is 34.3 Å². The van der Waals surface area contributed by atoms with Gasteiger partial charge in [-0.1, -0.05) is 13.3 Å². The number of thiophene rings is 1. The number of likely N-dealkylation sites (tertiary alicyclic amines) is 1. The van der Waals surface area contributed by atoms with Crippen molar-refractivity contribution >= 4 is 17.1 Å². The van der Waals surface area contributed by atoms with E-state index in [1.54, 1.807) is 11.3 Å².